The van der Waals surface area contributed by atoms with Gasteiger partial charge in [0.2, 0.25) is 0 Å². The summed E-state index contributed by atoms with van der Waals surface area (Å²) in [5.41, 5.74) is 2.70. The first-order valence-corrected chi connectivity index (χ1v) is 7.33. The number of hydrazone groups is 1. The molecule has 2 rings (SSSR count). The number of rotatable bonds is 6. The quantitative estimate of drug-likeness (QED) is 0.372. The summed E-state index contributed by atoms with van der Waals surface area (Å²) in [4.78, 5) is 22.3. The lowest BCUT2D eigenvalue weighted by atomic mass is 10.2. The minimum absolute atomic E-state index is 0.00929. The fraction of sp³-hybridized carbons (Fsp3) is 0.0588. The van der Waals surface area contributed by atoms with Gasteiger partial charge in [-0.15, -0.1) is 6.42 Å². The second-order valence-corrected chi connectivity index (χ2v) is 5.06. The van der Waals surface area contributed by atoms with E-state index in [9.17, 15) is 14.9 Å². The van der Waals surface area contributed by atoms with Gasteiger partial charge in [0.05, 0.1) is 21.7 Å². The molecular weight excluding hydrogens is 346 g/mol. The highest BCUT2D eigenvalue weighted by Crippen LogP contribution is 2.23. The van der Waals surface area contributed by atoms with Crippen molar-refractivity contribution < 1.29 is 14.5 Å². The van der Waals surface area contributed by atoms with Gasteiger partial charge in [0.15, 0.2) is 0 Å². The van der Waals surface area contributed by atoms with Gasteiger partial charge in [-0.2, -0.15) is 5.10 Å². The molecule has 0 atom stereocenters. The predicted octanol–water partition coefficient (Wildman–Crippen LogP) is 3.02. The number of hydrogen-bond acceptors (Lipinski definition) is 5. The lowest BCUT2D eigenvalue weighted by molar-refractivity contribution is -0.384. The first kappa shape index (κ1) is 18.0. The van der Waals surface area contributed by atoms with Crippen LogP contribution in [0, 0.1) is 22.5 Å². The maximum Gasteiger partial charge on any atom is 0.272 e. The number of non-ortho nitro benzene ring substituents is 1. The smallest absolute Gasteiger partial charge is 0.272 e. The van der Waals surface area contributed by atoms with Gasteiger partial charge in [0, 0.05) is 17.7 Å². The van der Waals surface area contributed by atoms with Crippen LogP contribution in [0.25, 0.3) is 0 Å². The van der Waals surface area contributed by atoms with Crippen LogP contribution in [0.5, 0.6) is 5.75 Å². The Morgan fingerprint density at radius 1 is 1.40 bits per heavy atom. The maximum absolute atomic E-state index is 12.0. The lowest BCUT2D eigenvalue weighted by Crippen LogP contribution is -2.18. The molecule has 1 N–H and O–H groups in total. The molecule has 0 unspecified atom stereocenters. The zero-order valence-electron chi connectivity index (χ0n) is 12.8. The topological polar surface area (TPSA) is 93.8 Å². The second kappa shape index (κ2) is 8.47. The molecule has 0 heterocycles. The monoisotopic (exact) mass is 357 g/mol. The number of nitrogens with zero attached hydrogens (tertiary/aromatic N) is 2. The van der Waals surface area contributed by atoms with Gasteiger partial charge in [0.25, 0.3) is 11.6 Å². The number of halogens is 1. The molecule has 0 saturated heterocycles. The molecular formula is C17H12ClN3O4. The van der Waals surface area contributed by atoms with Crippen molar-refractivity contribution in [3.05, 3.63) is 68.7 Å². The summed E-state index contributed by atoms with van der Waals surface area (Å²) in [5.74, 6) is 2.09. The van der Waals surface area contributed by atoms with Crippen molar-refractivity contribution >= 4 is 29.4 Å². The van der Waals surface area contributed by atoms with Gasteiger partial charge >= 0.3 is 0 Å². The van der Waals surface area contributed by atoms with Gasteiger partial charge in [-0.3, -0.25) is 14.9 Å². The number of nitrogens with one attached hydrogen (secondary N) is 1. The summed E-state index contributed by atoms with van der Waals surface area (Å²) >= 11 is 5.93. The van der Waals surface area contributed by atoms with Crippen LogP contribution in [0.15, 0.2) is 47.6 Å². The van der Waals surface area contributed by atoms with Gasteiger partial charge < -0.3 is 4.74 Å². The number of nitro groups is 1. The molecule has 8 heteroatoms. The van der Waals surface area contributed by atoms with Crippen LogP contribution >= 0.6 is 11.6 Å². The number of carbonyl (C=O) groups excluding carboxylic acids is 1. The van der Waals surface area contributed by atoms with Gasteiger partial charge in [-0.1, -0.05) is 29.7 Å². The number of terminal acetylenes is 1. The van der Waals surface area contributed by atoms with Crippen molar-refractivity contribution in [2.45, 2.75) is 0 Å². The van der Waals surface area contributed by atoms with E-state index in [1.165, 1.54) is 24.4 Å². The Hall–Kier alpha value is -3.37. The van der Waals surface area contributed by atoms with E-state index in [0.29, 0.717) is 11.3 Å². The number of amides is 1. The second-order valence-electron chi connectivity index (χ2n) is 4.65. The van der Waals surface area contributed by atoms with E-state index in [2.05, 4.69) is 16.4 Å². The highest BCUT2D eigenvalue weighted by Gasteiger charge is 2.11. The highest BCUT2D eigenvalue weighted by molar-refractivity contribution is 6.33. The number of carbonyl (C=O) groups is 1. The van der Waals surface area contributed by atoms with Crippen LogP contribution in [0.4, 0.5) is 5.69 Å². The molecule has 0 saturated carbocycles. The third-order valence-corrected chi connectivity index (χ3v) is 3.33. The molecule has 1 amide bonds. The van der Waals surface area contributed by atoms with E-state index in [-0.39, 0.29) is 22.9 Å². The number of nitro benzene ring substituents is 1. The number of hydrogen-bond donors (Lipinski definition) is 1. The SMILES string of the molecule is C#CCOc1ccc([N+](=O)[O-])cc1/C=N\NC(=O)c1ccccc1Cl. The van der Waals surface area contributed by atoms with Crippen molar-refractivity contribution in [3.8, 4) is 18.1 Å². The highest BCUT2D eigenvalue weighted by atomic mass is 35.5. The van der Waals surface area contributed by atoms with Gasteiger partial charge in [0.1, 0.15) is 12.4 Å². The fourth-order valence-corrected chi connectivity index (χ4v) is 2.09. The van der Waals surface area contributed by atoms with Crippen molar-refractivity contribution in [1.29, 1.82) is 0 Å². The summed E-state index contributed by atoms with van der Waals surface area (Å²) < 4.78 is 5.30. The van der Waals surface area contributed by atoms with Gasteiger partial charge in [-0.25, -0.2) is 5.43 Å². The average molecular weight is 358 g/mol. The van der Waals surface area contributed by atoms with E-state index < -0.39 is 10.8 Å². The zero-order chi connectivity index (χ0) is 18.2. The van der Waals surface area contributed by atoms with Crippen LogP contribution < -0.4 is 10.2 Å². The molecule has 0 radical (unpaired) electrons. The molecule has 0 aromatic heterocycles. The van der Waals surface area contributed by atoms with E-state index in [1.807, 2.05) is 0 Å². The molecule has 7 nitrogen and oxygen atoms in total. The molecule has 126 valence electrons. The Bertz CT molecular complexity index is 874. The van der Waals surface area contributed by atoms with Crippen LogP contribution in [-0.2, 0) is 0 Å². The summed E-state index contributed by atoms with van der Waals surface area (Å²) in [5, 5.41) is 15.0. The van der Waals surface area contributed by atoms with Crippen molar-refractivity contribution in [3.63, 3.8) is 0 Å². The van der Waals surface area contributed by atoms with Gasteiger partial charge in [-0.05, 0) is 18.2 Å². The molecule has 2 aromatic carbocycles. The Labute approximate surface area is 148 Å². The summed E-state index contributed by atoms with van der Waals surface area (Å²) in [6.45, 7) is -0.00929. The van der Waals surface area contributed by atoms with Crippen LogP contribution in [0.1, 0.15) is 15.9 Å². The van der Waals surface area contributed by atoms with E-state index in [1.54, 1.807) is 24.3 Å². The Balaban J connectivity index is 2.19. The third kappa shape index (κ3) is 4.80. The summed E-state index contributed by atoms with van der Waals surface area (Å²) in [6, 6.07) is 10.4. The standard InChI is InChI=1S/C17H12ClN3O4/c1-2-9-25-16-8-7-13(21(23)24)10-12(16)11-19-20-17(22)14-5-3-4-6-15(14)18/h1,3-8,10-11H,9H2,(H,20,22)/b19-11-. The normalized spacial score (nSPS) is 10.2. The molecule has 0 bridgehead atoms. The predicted molar refractivity (Wildman–Crippen MR) is 93.9 cm³/mol. The maximum atomic E-state index is 12.0. The first-order valence-electron chi connectivity index (χ1n) is 6.95. The largest absolute Gasteiger partial charge is 0.480 e. The van der Waals surface area contributed by atoms with Crippen molar-refractivity contribution in [2.24, 2.45) is 5.10 Å². The molecule has 0 aliphatic rings. The molecule has 0 fully saturated rings. The first-order chi connectivity index (χ1) is 12.0. The fourth-order valence-electron chi connectivity index (χ4n) is 1.87. The number of ether oxygens (including phenoxy) is 1. The molecule has 2 aromatic rings. The minimum Gasteiger partial charge on any atom is -0.480 e. The molecule has 0 spiro atoms. The number of benzene rings is 2. The Kier molecular flexibility index (Phi) is 6.09. The Morgan fingerprint density at radius 2 is 2.16 bits per heavy atom. The average Bonchev–Trinajstić information content (AvgIpc) is 2.60. The molecule has 25 heavy (non-hydrogen) atoms. The third-order valence-electron chi connectivity index (χ3n) is 3.00. The summed E-state index contributed by atoms with van der Waals surface area (Å²) in [7, 11) is 0. The van der Waals surface area contributed by atoms with Crippen molar-refractivity contribution in [1.82, 2.24) is 5.43 Å². The van der Waals surface area contributed by atoms with E-state index >= 15 is 0 Å². The van der Waals surface area contributed by atoms with Crippen LogP contribution in [-0.4, -0.2) is 23.7 Å². The van der Waals surface area contributed by atoms with Crippen molar-refractivity contribution in [2.75, 3.05) is 6.61 Å². The molecule has 0 aliphatic heterocycles. The van der Waals surface area contributed by atoms with Crippen LogP contribution in [0.3, 0.4) is 0 Å². The minimum atomic E-state index is -0.551. The molecule has 0 aliphatic carbocycles. The Morgan fingerprint density at radius 3 is 2.84 bits per heavy atom. The zero-order valence-corrected chi connectivity index (χ0v) is 13.6. The van der Waals surface area contributed by atoms with Crippen LogP contribution in [0.2, 0.25) is 5.02 Å². The van der Waals surface area contributed by atoms with E-state index in [4.69, 9.17) is 22.8 Å². The van der Waals surface area contributed by atoms with E-state index in [0.717, 1.165) is 0 Å². The lowest BCUT2D eigenvalue weighted by Gasteiger charge is -2.06. The summed E-state index contributed by atoms with van der Waals surface area (Å²) in [6.07, 6.45) is 6.37.